The molecule has 0 saturated carbocycles. The first-order valence-electron chi connectivity index (χ1n) is 2.86. The van der Waals surface area contributed by atoms with E-state index in [0.29, 0.717) is 5.70 Å². The summed E-state index contributed by atoms with van der Waals surface area (Å²) in [6, 6.07) is -0.456. The zero-order valence-corrected chi connectivity index (χ0v) is 5.76. The minimum Gasteiger partial charge on any atom is -0.308 e. The van der Waals surface area contributed by atoms with Gasteiger partial charge in [-0.15, -0.1) is 0 Å². The molecule has 0 aromatic heterocycles. The molecule has 2 amide bonds. The number of nitrogens with zero attached hydrogens (tertiary/aromatic N) is 1. The Bertz CT molecular complexity index is 230. The SMILES string of the molecule is CC(=O)C1=C(C)NC(=O)[N]1. The van der Waals surface area contributed by atoms with E-state index in [-0.39, 0.29) is 11.5 Å². The van der Waals surface area contributed by atoms with Crippen LogP contribution in [0.25, 0.3) is 0 Å². The predicted octanol–water partition coefficient (Wildman–Crippen LogP) is 0.134. The number of urea groups is 1. The average molecular weight is 139 g/mol. The lowest BCUT2D eigenvalue weighted by atomic mass is 10.3. The molecule has 0 spiro atoms. The Morgan fingerprint density at radius 2 is 2.20 bits per heavy atom. The third-order valence-electron chi connectivity index (χ3n) is 1.20. The van der Waals surface area contributed by atoms with Crippen LogP contribution in [0.15, 0.2) is 11.4 Å². The van der Waals surface area contributed by atoms with Gasteiger partial charge in [-0.2, -0.15) is 5.32 Å². The Morgan fingerprint density at radius 1 is 1.60 bits per heavy atom. The fourth-order valence-electron chi connectivity index (χ4n) is 0.776. The number of hydrogen-bond acceptors (Lipinski definition) is 2. The number of carbonyl (C=O) groups excluding carboxylic acids is 2. The maximum Gasteiger partial charge on any atom is 0.345 e. The molecule has 1 aliphatic heterocycles. The van der Waals surface area contributed by atoms with Gasteiger partial charge >= 0.3 is 6.03 Å². The number of rotatable bonds is 1. The van der Waals surface area contributed by atoms with Crippen LogP contribution in [0.2, 0.25) is 0 Å². The molecule has 1 radical (unpaired) electrons. The topological polar surface area (TPSA) is 60.3 Å². The van der Waals surface area contributed by atoms with Crippen molar-refractivity contribution in [2.45, 2.75) is 13.8 Å². The zero-order valence-electron chi connectivity index (χ0n) is 5.76. The van der Waals surface area contributed by atoms with Crippen LogP contribution in [0.4, 0.5) is 4.79 Å². The molecule has 0 atom stereocenters. The van der Waals surface area contributed by atoms with Crippen LogP contribution in [-0.2, 0) is 4.79 Å². The Morgan fingerprint density at radius 3 is 2.40 bits per heavy atom. The number of allylic oxidation sites excluding steroid dienone is 2. The van der Waals surface area contributed by atoms with Crippen LogP contribution in [0.5, 0.6) is 0 Å². The molecule has 0 aliphatic carbocycles. The van der Waals surface area contributed by atoms with E-state index in [1.54, 1.807) is 6.92 Å². The first kappa shape index (κ1) is 6.80. The van der Waals surface area contributed by atoms with Crippen LogP contribution < -0.4 is 10.6 Å². The highest BCUT2D eigenvalue weighted by Gasteiger charge is 2.21. The molecule has 1 N–H and O–H groups in total. The largest absolute Gasteiger partial charge is 0.345 e. The van der Waals surface area contributed by atoms with Crippen LogP contribution in [0.3, 0.4) is 0 Å². The van der Waals surface area contributed by atoms with Gasteiger partial charge in [0, 0.05) is 12.6 Å². The van der Waals surface area contributed by atoms with Gasteiger partial charge in [0.15, 0.2) is 5.78 Å². The second-order valence-corrected chi connectivity index (χ2v) is 2.07. The molecule has 0 aromatic carbocycles. The minimum absolute atomic E-state index is 0.184. The highest BCUT2D eigenvalue weighted by atomic mass is 16.2. The van der Waals surface area contributed by atoms with Gasteiger partial charge in [-0.25, -0.2) is 4.79 Å². The molecule has 53 valence electrons. The molecule has 0 aromatic rings. The standard InChI is InChI=1S/C6H7N2O2/c1-3-5(4(2)9)8-6(10)7-3/h1-2H3,(H,7,10). The molecule has 1 aliphatic rings. The van der Waals surface area contributed by atoms with Crippen LogP contribution in [-0.4, -0.2) is 11.8 Å². The average Bonchev–Trinajstić information content (AvgIpc) is 2.10. The number of Topliss-reactive ketones (excluding diaryl/α,β-unsaturated/α-hetero) is 1. The van der Waals surface area contributed by atoms with Gasteiger partial charge in [0.05, 0.1) is 0 Å². The van der Waals surface area contributed by atoms with Gasteiger partial charge in [0.2, 0.25) is 0 Å². The summed E-state index contributed by atoms with van der Waals surface area (Å²) in [4.78, 5) is 21.2. The number of nitrogens with one attached hydrogen (secondary N) is 1. The molecule has 0 unspecified atom stereocenters. The first-order chi connectivity index (χ1) is 4.61. The first-order valence-corrected chi connectivity index (χ1v) is 2.86. The van der Waals surface area contributed by atoms with E-state index >= 15 is 0 Å². The number of carbonyl (C=O) groups is 2. The van der Waals surface area contributed by atoms with Crippen LogP contribution >= 0.6 is 0 Å². The summed E-state index contributed by atoms with van der Waals surface area (Å²) in [5.74, 6) is -0.184. The third kappa shape index (κ3) is 1.00. The molecule has 0 fully saturated rings. The highest BCUT2D eigenvalue weighted by molar-refractivity contribution is 6.00. The molecule has 10 heavy (non-hydrogen) atoms. The Labute approximate surface area is 58.3 Å². The second-order valence-electron chi connectivity index (χ2n) is 2.07. The van der Waals surface area contributed by atoms with Crippen LogP contribution in [0, 0.1) is 0 Å². The van der Waals surface area contributed by atoms with E-state index in [9.17, 15) is 9.59 Å². The summed E-state index contributed by atoms with van der Waals surface area (Å²) in [5.41, 5.74) is 0.780. The summed E-state index contributed by atoms with van der Waals surface area (Å²) in [7, 11) is 0. The van der Waals surface area contributed by atoms with E-state index < -0.39 is 6.03 Å². The van der Waals surface area contributed by atoms with Gasteiger partial charge in [-0.05, 0) is 6.92 Å². The van der Waals surface area contributed by atoms with Crippen molar-refractivity contribution in [2.75, 3.05) is 0 Å². The van der Waals surface area contributed by atoms with Crippen molar-refractivity contribution in [2.24, 2.45) is 0 Å². The van der Waals surface area contributed by atoms with Gasteiger partial charge < -0.3 is 5.32 Å². The Balaban J connectivity index is 2.86. The molecule has 1 heterocycles. The van der Waals surface area contributed by atoms with E-state index in [4.69, 9.17) is 0 Å². The quantitative estimate of drug-likeness (QED) is 0.561. The predicted molar refractivity (Wildman–Crippen MR) is 34.0 cm³/mol. The maximum absolute atomic E-state index is 10.7. The van der Waals surface area contributed by atoms with Crippen molar-refractivity contribution in [1.82, 2.24) is 10.6 Å². The van der Waals surface area contributed by atoms with Gasteiger partial charge in [-0.1, -0.05) is 0 Å². The highest BCUT2D eigenvalue weighted by Crippen LogP contribution is 2.06. The summed E-state index contributed by atoms with van der Waals surface area (Å²) in [6.45, 7) is 3.02. The minimum atomic E-state index is -0.456. The van der Waals surface area contributed by atoms with E-state index in [1.807, 2.05) is 0 Å². The van der Waals surface area contributed by atoms with E-state index in [1.165, 1.54) is 6.92 Å². The Kier molecular flexibility index (Phi) is 1.45. The summed E-state index contributed by atoms with van der Waals surface area (Å²) >= 11 is 0. The normalized spacial score (nSPS) is 16.8. The van der Waals surface area contributed by atoms with Crippen molar-refractivity contribution < 1.29 is 9.59 Å². The van der Waals surface area contributed by atoms with Crippen molar-refractivity contribution in [3.8, 4) is 0 Å². The third-order valence-corrected chi connectivity index (χ3v) is 1.20. The fraction of sp³-hybridized carbons (Fsp3) is 0.333. The van der Waals surface area contributed by atoms with Gasteiger partial charge in [-0.3, -0.25) is 4.79 Å². The van der Waals surface area contributed by atoms with Gasteiger partial charge in [0.25, 0.3) is 0 Å². The summed E-state index contributed by atoms with van der Waals surface area (Å²) in [5, 5.41) is 5.85. The molecule has 4 nitrogen and oxygen atoms in total. The molecule has 0 saturated heterocycles. The molecule has 1 rings (SSSR count). The smallest absolute Gasteiger partial charge is 0.308 e. The lowest BCUT2D eigenvalue weighted by molar-refractivity contribution is -0.113. The lowest BCUT2D eigenvalue weighted by Gasteiger charge is -1.90. The number of hydrogen-bond donors (Lipinski definition) is 1. The fourth-order valence-corrected chi connectivity index (χ4v) is 0.776. The van der Waals surface area contributed by atoms with Crippen molar-refractivity contribution in [3.63, 3.8) is 0 Å². The van der Waals surface area contributed by atoms with E-state index in [2.05, 4.69) is 10.6 Å². The summed E-state index contributed by atoms with van der Waals surface area (Å²) in [6.07, 6.45) is 0. The van der Waals surface area contributed by atoms with Crippen molar-refractivity contribution in [3.05, 3.63) is 11.4 Å². The second kappa shape index (κ2) is 2.13. The monoisotopic (exact) mass is 139 g/mol. The Hall–Kier alpha value is -1.32. The number of amides is 2. The molecule has 4 heteroatoms. The molecular formula is C6H7N2O2. The lowest BCUT2D eigenvalue weighted by Crippen LogP contribution is -2.18. The summed E-state index contributed by atoms with van der Waals surface area (Å²) < 4.78 is 0. The van der Waals surface area contributed by atoms with Crippen molar-refractivity contribution in [1.29, 1.82) is 0 Å². The molecular weight excluding hydrogens is 132 g/mol. The zero-order chi connectivity index (χ0) is 7.72. The van der Waals surface area contributed by atoms with Gasteiger partial charge in [0.1, 0.15) is 5.70 Å². The number of ketones is 1. The molecule has 0 bridgehead atoms. The van der Waals surface area contributed by atoms with Crippen molar-refractivity contribution >= 4 is 11.8 Å². The maximum atomic E-state index is 10.7. The van der Waals surface area contributed by atoms with Crippen LogP contribution in [0.1, 0.15) is 13.8 Å². The van der Waals surface area contributed by atoms with E-state index in [0.717, 1.165) is 0 Å².